The molecule has 0 aromatic heterocycles. The van der Waals surface area contributed by atoms with E-state index in [0.717, 1.165) is 6.07 Å². The molecule has 0 unspecified atom stereocenters. The normalized spacial score (nSPS) is 10.7. The summed E-state index contributed by atoms with van der Waals surface area (Å²) >= 11 is -0.571. The van der Waals surface area contributed by atoms with Gasteiger partial charge in [0.25, 0.3) is 0 Å². The van der Waals surface area contributed by atoms with Crippen molar-refractivity contribution in [1.82, 2.24) is 0 Å². The van der Waals surface area contributed by atoms with Crippen LogP contribution in [0.25, 0.3) is 0 Å². The van der Waals surface area contributed by atoms with E-state index in [9.17, 15) is 10.5 Å². The Kier molecular flexibility index (Phi) is 3.16. The van der Waals surface area contributed by atoms with E-state index in [1.165, 1.54) is 6.07 Å². The van der Waals surface area contributed by atoms with E-state index in [-0.39, 0.29) is 3.57 Å². The maximum atomic E-state index is 12.8. The van der Waals surface area contributed by atoms with Crippen molar-refractivity contribution in [3.63, 3.8) is 0 Å². The molecule has 0 radical (unpaired) electrons. The summed E-state index contributed by atoms with van der Waals surface area (Å²) in [6, 6.07) is 2.51. The first kappa shape index (κ1) is 10.0. The second-order valence-corrected chi connectivity index (χ2v) is 5.49. The van der Waals surface area contributed by atoms with Crippen molar-refractivity contribution in [2.75, 3.05) is 0 Å². The number of benzene rings is 1. The van der Waals surface area contributed by atoms with Crippen LogP contribution < -0.4 is 0 Å². The van der Waals surface area contributed by atoms with E-state index in [2.05, 4.69) is 15.9 Å². The summed E-state index contributed by atoms with van der Waals surface area (Å²) in [5, 5.41) is 0. The van der Waals surface area contributed by atoms with Crippen molar-refractivity contribution in [3.8, 4) is 0 Å². The zero-order chi connectivity index (χ0) is 9.30. The summed E-state index contributed by atoms with van der Waals surface area (Å²) in [5.74, 6) is -0.537. The van der Waals surface area contributed by atoms with Gasteiger partial charge in [-0.15, -0.1) is 0 Å². The second kappa shape index (κ2) is 3.78. The lowest BCUT2D eigenvalue weighted by atomic mass is 10.2. The molecule has 1 aromatic carbocycles. The van der Waals surface area contributed by atoms with E-state index < -0.39 is 25.6 Å². The minimum Gasteiger partial charge on any atom is -0.230 e. The first-order valence-electron chi connectivity index (χ1n) is 3.03. The molecule has 12 heavy (non-hydrogen) atoms. The third kappa shape index (κ3) is 2.01. The highest BCUT2D eigenvalue weighted by Gasteiger charge is 2.08. The predicted molar refractivity (Wildman–Crippen MR) is 52.9 cm³/mol. The Labute approximate surface area is 84.4 Å². The number of hydrogen-bond donors (Lipinski definition) is 0. The van der Waals surface area contributed by atoms with Gasteiger partial charge in [0.15, 0.2) is 0 Å². The summed E-state index contributed by atoms with van der Waals surface area (Å²) in [7, 11) is 0. The van der Waals surface area contributed by atoms with Gasteiger partial charge in [0.1, 0.15) is 5.82 Å². The van der Waals surface area contributed by atoms with Gasteiger partial charge in [0.2, 0.25) is 0 Å². The van der Waals surface area contributed by atoms with Gasteiger partial charge in [0, 0.05) is 0 Å². The van der Waals surface area contributed by atoms with Crippen LogP contribution in [0.2, 0.25) is 0 Å². The third-order valence-electron chi connectivity index (χ3n) is 1.37. The number of hydrogen-bond acceptors (Lipinski definition) is 2. The van der Waals surface area contributed by atoms with Crippen LogP contribution in [-0.4, -0.2) is 0 Å². The molecule has 66 valence electrons. The molecule has 0 aliphatic rings. The van der Waals surface area contributed by atoms with Gasteiger partial charge in [-0.05, 0) is 40.5 Å². The fraction of sp³-hybridized carbons (Fsp3) is 0.143. The van der Waals surface area contributed by atoms with Crippen LogP contribution in [0, 0.1) is 16.3 Å². The molecule has 0 saturated heterocycles. The van der Waals surface area contributed by atoms with Crippen molar-refractivity contribution >= 4 is 35.7 Å². The lowest BCUT2D eigenvalue weighted by molar-refractivity contribution is 0.607. The van der Waals surface area contributed by atoms with E-state index >= 15 is 0 Å². The number of halogens is 3. The molecule has 0 spiro atoms. The smallest absolute Gasteiger partial charge is 0.230 e. The molecule has 0 atom stereocenters. The van der Waals surface area contributed by atoms with E-state index in [0.29, 0.717) is 10.0 Å². The molecule has 0 aliphatic carbocycles. The van der Waals surface area contributed by atoms with Crippen LogP contribution in [0.5, 0.6) is 0 Å². The zero-order valence-electron chi connectivity index (χ0n) is 6.11. The number of rotatable bonds is 1. The minimum atomic E-state index is -3.54. The van der Waals surface area contributed by atoms with Crippen molar-refractivity contribution in [3.05, 3.63) is 31.6 Å². The zero-order valence-corrected chi connectivity index (χ0v) is 9.85. The largest absolute Gasteiger partial charge is 0.341 e. The van der Waals surface area contributed by atoms with Gasteiger partial charge in [-0.2, -0.15) is 0 Å². The average molecular weight is 347 g/mol. The van der Waals surface area contributed by atoms with Gasteiger partial charge in [-0.3, -0.25) is 0 Å². The standard InChI is InChI=1S/C7H5BrFIO2/c1-4-2-5(8)6(9)3-7(4)10(11)12/h2-3H,1H3. The van der Waals surface area contributed by atoms with Crippen molar-refractivity contribution in [1.29, 1.82) is 0 Å². The molecule has 2 nitrogen and oxygen atoms in total. The van der Waals surface area contributed by atoms with Crippen molar-refractivity contribution in [2.45, 2.75) is 6.92 Å². The van der Waals surface area contributed by atoms with Crippen LogP contribution >= 0.6 is 35.7 Å². The second-order valence-electron chi connectivity index (χ2n) is 2.23. The molecular weight excluding hydrogens is 342 g/mol. The fourth-order valence-electron chi connectivity index (χ4n) is 0.788. The monoisotopic (exact) mass is 346 g/mol. The quantitative estimate of drug-likeness (QED) is 0.577. The van der Waals surface area contributed by atoms with Gasteiger partial charge >= 0.3 is 19.8 Å². The van der Waals surface area contributed by atoms with Gasteiger partial charge in [-0.25, -0.2) is 10.5 Å². The Morgan fingerprint density at radius 1 is 1.42 bits per heavy atom. The maximum Gasteiger partial charge on any atom is 0.341 e. The van der Waals surface area contributed by atoms with Crippen LogP contribution in [0.15, 0.2) is 16.6 Å². The topological polar surface area (TPSA) is 34.1 Å². The van der Waals surface area contributed by atoms with E-state index in [1.54, 1.807) is 6.92 Å². The van der Waals surface area contributed by atoms with Gasteiger partial charge in [0.05, 0.1) is 8.04 Å². The third-order valence-corrected chi connectivity index (χ3v) is 4.09. The summed E-state index contributed by atoms with van der Waals surface area (Å²) < 4.78 is 34.5. The van der Waals surface area contributed by atoms with Gasteiger partial charge < -0.3 is 0 Å². The highest BCUT2D eigenvalue weighted by atomic mass is 127. The SMILES string of the molecule is Cc1cc(Br)c(F)cc1I(=O)=O. The van der Waals surface area contributed by atoms with Crippen molar-refractivity contribution in [2.24, 2.45) is 0 Å². The molecule has 1 rings (SSSR count). The molecule has 0 heterocycles. The molecule has 0 bridgehead atoms. The van der Waals surface area contributed by atoms with E-state index in [1.807, 2.05) is 0 Å². The van der Waals surface area contributed by atoms with Gasteiger partial charge in [-0.1, -0.05) is 0 Å². The Morgan fingerprint density at radius 2 is 2.00 bits per heavy atom. The Balaban J connectivity index is 3.43. The van der Waals surface area contributed by atoms with E-state index in [4.69, 9.17) is 0 Å². The average Bonchev–Trinajstić information content (AvgIpc) is 1.96. The van der Waals surface area contributed by atoms with Crippen LogP contribution in [0.4, 0.5) is 4.39 Å². The Bertz CT molecular complexity index is 379. The summed E-state index contributed by atoms with van der Waals surface area (Å²) in [4.78, 5) is 0. The summed E-state index contributed by atoms with van der Waals surface area (Å²) in [6.07, 6.45) is 0. The summed E-state index contributed by atoms with van der Waals surface area (Å²) in [5.41, 5.74) is 0.582. The molecule has 0 saturated carbocycles. The minimum absolute atomic E-state index is 0.125. The maximum absolute atomic E-state index is 12.8. The Morgan fingerprint density at radius 3 is 2.50 bits per heavy atom. The predicted octanol–water partition coefficient (Wildman–Crippen LogP) is 3.26. The van der Waals surface area contributed by atoms with Crippen LogP contribution in [0.1, 0.15) is 5.56 Å². The molecule has 5 heteroatoms. The highest BCUT2D eigenvalue weighted by Crippen LogP contribution is 2.26. The summed E-state index contributed by atoms with van der Waals surface area (Å²) in [6.45, 7) is 1.64. The molecule has 0 aliphatic heterocycles. The highest BCUT2D eigenvalue weighted by molar-refractivity contribution is 14.2. The lowest BCUT2D eigenvalue weighted by Gasteiger charge is -1.98. The molecular formula is C7H5BrFIO2. The lowest BCUT2D eigenvalue weighted by Crippen LogP contribution is -1.85. The molecule has 0 amide bonds. The van der Waals surface area contributed by atoms with Crippen LogP contribution in [0.3, 0.4) is 0 Å². The van der Waals surface area contributed by atoms with Crippen molar-refractivity contribution < 1.29 is 10.5 Å². The van der Waals surface area contributed by atoms with Crippen LogP contribution in [-0.2, 0) is 6.14 Å². The fourth-order valence-corrected chi connectivity index (χ4v) is 2.62. The molecule has 0 fully saturated rings. The molecule has 0 N–H and O–H groups in total. The molecule has 1 aromatic rings. The first-order valence-corrected chi connectivity index (χ1v) is 6.66. The number of aryl methyl sites for hydroxylation is 1. The first-order chi connectivity index (χ1) is 5.52. The Hall–Kier alpha value is -0.0400.